The predicted octanol–water partition coefficient (Wildman–Crippen LogP) is 3.23. The van der Waals surface area contributed by atoms with Crippen molar-refractivity contribution in [2.24, 2.45) is 17.8 Å². The summed E-state index contributed by atoms with van der Waals surface area (Å²) in [6.07, 6.45) is -1.72. The molecule has 29 heteroatoms. The second-order valence-electron chi connectivity index (χ2n) is 30.5. The summed E-state index contributed by atoms with van der Waals surface area (Å²) >= 11 is 6.49. The number of nitrogens with one attached hydrogen (secondary N) is 4. The van der Waals surface area contributed by atoms with Crippen LogP contribution in [0.2, 0.25) is 5.02 Å². The Morgan fingerprint density at radius 1 is 0.619 bits per heavy atom. The molecule has 2 fully saturated rings. The number of carbonyl (C=O) groups excluding carboxylic acids is 11. The lowest BCUT2D eigenvalue weighted by molar-refractivity contribution is -0.152. The number of amides is 11. The first-order chi connectivity index (χ1) is 49.2. The summed E-state index contributed by atoms with van der Waals surface area (Å²) in [6, 6.07) is 2.72. The molecule has 0 aromatic heterocycles. The van der Waals surface area contributed by atoms with E-state index < -0.39 is 182 Å². The fraction of sp³-hybridized carbons (Fsp3) is 0.697. The first-order valence-corrected chi connectivity index (χ1v) is 37.4. The fourth-order valence-corrected chi connectivity index (χ4v) is 13.0. The summed E-state index contributed by atoms with van der Waals surface area (Å²) in [7, 11) is 8.29. The van der Waals surface area contributed by atoms with Gasteiger partial charge in [0.2, 0.25) is 65.0 Å². The topological polar surface area (TPSA) is 341 Å². The Morgan fingerprint density at radius 3 is 1.73 bits per heavy atom. The summed E-state index contributed by atoms with van der Waals surface area (Å²) in [5.41, 5.74) is 0.315. The molecule has 2 aromatic rings. The molecule has 2 saturated heterocycles. The number of ether oxygens (including phenoxy) is 2. The van der Waals surface area contributed by atoms with Crippen molar-refractivity contribution < 1.29 is 77.5 Å². The van der Waals surface area contributed by atoms with Crippen LogP contribution in [0, 0.1) is 17.8 Å². The number of aliphatic hydroxyl groups excluding tert-OH is 3. The van der Waals surface area contributed by atoms with Crippen LogP contribution in [-0.4, -0.2) is 293 Å². The second kappa shape index (κ2) is 42.9. The third kappa shape index (κ3) is 28.1. The van der Waals surface area contributed by atoms with Gasteiger partial charge in [0.05, 0.1) is 56.6 Å². The van der Waals surface area contributed by atoms with Crippen molar-refractivity contribution >= 4 is 76.6 Å². The van der Waals surface area contributed by atoms with E-state index in [4.69, 9.17) is 21.1 Å². The number of aliphatic hydroxyl groups is 3. The molecule has 4 rings (SSSR count). The molecule has 0 saturated carbocycles. The van der Waals surface area contributed by atoms with Crippen molar-refractivity contribution in [3.05, 3.63) is 70.7 Å². The highest BCUT2D eigenvalue weighted by Crippen LogP contribution is 2.24. The van der Waals surface area contributed by atoms with Gasteiger partial charge in [0.1, 0.15) is 54.6 Å². The van der Waals surface area contributed by atoms with Crippen LogP contribution in [-0.2, 0) is 75.1 Å². The van der Waals surface area contributed by atoms with E-state index in [9.17, 15) is 29.7 Å². The van der Waals surface area contributed by atoms with E-state index >= 15 is 38.4 Å². The minimum atomic E-state index is -1.79. The first kappa shape index (κ1) is 90.1. The Hall–Kier alpha value is -7.34. The van der Waals surface area contributed by atoms with Crippen molar-refractivity contribution in [3.8, 4) is 0 Å². The molecule has 2 aliphatic rings. The fourth-order valence-electron chi connectivity index (χ4n) is 12.8. The van der Waals surface area contributed by atoms with Gasteiger partial charge in [0.25, 0.3) is 0 Å². The zero-order chi connectivity index (χ0) is 78.9. The van der Waals surface area contributed by atoms with Gasteiger partial charge in [0.15, 0.2) is 0 Å². The van der Waals surface area contributed by atoms with Gasteiger partial charge < -0.3 is 79.9 Å². The van der Waals surface area contributed by atoms with Crippen molar-refractivity contribution in [1.82, 2.24) is 60.5 Å². The van der Waals surface area contributed by atoms with Gasteiger partial charge in [-0.25, -0.2) is 0 Å². The average molecular weight is 1500 g/mol. The van der Waals surface area contributed by atoms with Gasteiger partial charge in [-0.15, -0.1) is 0 Å². The molecule has 28 nitrogen and oxygen atoms in total. The highest BCUT2D eigenvalue weighted by molar-refractivity contribution is 6.30. The molecule has 0 bridgehead atoms. The first-order valence-electron chi connectivity index (χ1n) is 37.0. The molecule has 2 unspecified atom stereocenters. The van der Waals surface area contributed by atoms with Crippen LogP contribution >= 0.6 is 11.6 Å². The zero-order valence-corrected chi connectivity index (χ0v) is 66.2. The van der Waals surface area contributed by atoms with Crippen LogP contribution in [0.15, 0.2) is 54.6 Å². The van der Waals surface area contributed by atoms with Crippen LogP contribution in [0.4, 0.5) is 0 Å². The van der Waals surface area contributed by atoms with E-state index in [0.29, 0.717) is 54.9 Å². The van der Waals surface area contributed by atoms with E-state index in [2.05, 4.69) is 21.3 Å². The third-order valence-corrected chi connectivity index (χ3v) is 19.4. The van der Waals surface area contributed by atoms with Gasteiger partial charge in [-0.3, -0.25) is 58.1 Å². The quantitative estimate of drug-likeness (QED) is 0.0882. The number of rotatable bonds is 21. The largest absolute Gasteiger partial charge is 0.393 e. The van der Waals surface area contributed by atoms with E-state index in [0.717, 1.165) is 16.2 Å². The maximum atomic E-state index is 15.4. The Labute approximate surface area is 627 Å². The number of halogens is 1. The van der Waals surface area contributed by atoms with Crippen molar-refractivity contribution in [2.45, 2.75) is 232 Å². The number of benzene rings is 2. The van der Waals surface area contributed by atoms with E-state index in [1.807, 2.05) is 34.6 Å². The molecule has 2 aliphatic heterocycles. The molecule has 590 valence electrons. The van der Waals surface area contributed by atoms with Gasteiger partial charge in [-0.05, 0) is 127 Å². The molecule has 11 amide bonds. The highest BCUT2D eigenvalue weighted by atomic mass is 35.5. The summed E-state index contributed by atoms with van der Waals surface area (Å²) in [5.74, 6) is -9.48. The number of piperidine rings is 1. The van der Waals surface area contributed by atoms with E-state index in [1.165, 1.54) is 73.7 Å². The molecular weight excluding hydrogens is 1370 g/mol. The maximum absolute atomic E-state index is 15.4. The van der Waals surface area contributed by atoms with Crippen LogP contribution in [0.3, 0.4) is 0 Å². The minimum Gasteiger partial charge on any atom is -0.393 e. The summed E-state index contributed by atoms with van der Waals surface area (Å²) in [5, 5.41) is 45.9. The molecule has 0 aliphatic carbocycles. The molecule has 2 aromatic carbocycles. The van der Waals surface area contributed by atoms with Crippen LogP contribution in [0.25, 0.3) is 0 Å². The van der Waals surface area contributed by atoms with Crippen LogP contribution in [0.5, 0.6) is 0 Å². The molecule has 0 spiro atoms. The number of likely N-dealkylation sites (tertiary alicyclic amines) is 1. The molecule has 105 heavy (non-hydrogen) atoms. The standard InChI is InChI=1S/C76H123ClN12O16/c1-19-20-33-89-44-64(94)84(15)61(40-52-28-23-21-24-29-52)74(102)87(18)66(49(6)7)70(98)80-57(46-105-76(10,11)12)72(100)85(16)58(37-47(2)3)67(95)78-55(73(101)88-34-25-22-26-35-88)42-62(92)82(13)43-63(93)83(14)60(41-53-30-27-31-54(77)39-53)68(96)79-56(45-104-36-32-50(8)90)71(99)86(17)59(38-48(4)5)69(97)81-65(51(9)91)75(89)103/h21,23-24,27-31,39,47-51,55-61,65-66,68,79,90-91,96H,19-20,22,25-26,32-38,40-46H2,1-18H3,(H,78,95)(H,80,98)(H,81,97)/t50-,51+,55-,56-,57-,58-,59?,60-,61-,65-,66-,68?/m0/s1. The van der Waals surface area contributed by atoms with Crippen molar-refractivity contribution in [2.75, 3.05) is 94.8 Å². The normalized spacial score (nSPS) is 24.9. The van der Waals surface area contributed by atoms with Gasteiger partial charge in [0, 0.05) is 80.0 Å². The number of hydrogen-bond donors (Lipinski definition) is 7. The lowest BCUT2D eigenvalue weighted by Gasteiger charge is -2.38. The van der Waals surface area contributed by atoms with E-state index in [1.54, 1.807) is 101 Å². The number of hydrogen-bond acceptors (Lipinski definition) is 17. The Morgan fingerprint density at radius 2 is 1.19 bits per heavy atom. The maximum Gasteiger partial charge on any atom is 0.248 e. The summed E-state index contributed by atoms with van der Waals surface area (Å²) in [6.45, 7) is 19.1. The third-order valence-electron chi connectivity index (χ3n) is 19.2. The number of nitrogens with zero attached hydrogens (tertiary/aromatic N) is 8. The lowest BCUT2D eigenvalue weighted by atomic mass is 9.98. The van der Waals surface area contributed by atoms with Gasteiger partial charge in [-0.1, -0.05) is 109 Å². The Kier molecular flexibility index (Phi) is 36.8. The molecular formula is C76H123ClN12O16. The lowest BCUT2D eigenvalue weighted by Crippen LogP contribution is -2.63. The Balaban J connectivity index is 2.01. The molecule has 7 N–H and O–H groups in total. The smallest absolute Gasteiger partial charge is 0.248 e. The van der Waals surface area contributed by atoms with Crippen LogP contribution in [0.1, 0.15) is 152 Å². The highest BCUT2D eigenvalue weighted by Gasteiger charge is 2.44. The summed E-state index contributed by atoms with van der Waals surface area (Å²) < 4.78 is 12.2. The van der Waals surface area contributed by atoms with Crippen LogP contribution < -0.4 is 21.3 Å². The summed E-state index contributed by atoms with van der Waals surface area (Å²) in [4.78, 5) is 175. The monoisotopic (exact) mass is 1490 g/mol. The second-order valence-corrected chi connectivity index (χ2v) is 31.0. The Bertz CT molecular complexity index is 3180. The van der Waals surface area contributed by atoms with Gasteiger partial charge >= 0.3 is 0 Å². The predicted molar refractivity (Wildman–Crippen MR) is 399 cm³/mol. The van der Waals surface area contributed by atoms with Gasteiger partial charge in [-0.2, -0.15) is 0 Å². The van der Waals surface area contributed by atoms with Crippen molar-refractivity contribution in [1.29, 1.82) is 0 Å². The van der Waals surface area contributed by atoms with E-state index in [-0.39, 0.29) is 57.1 Å². The number of likely N-dealkylation sites (N-methyl/N-ethyl adjacent to an activating group) is 6. The molecule has 0 radical (unpaired) electrons. The SMILES string of the molecule is CCCCN1CC(=O)N(C)[C@@H](Cc2ccccc2)C(=O)N(C)[C@@H](C(C)C)C(=O)N[C@@H](COC(C)(C)C)C(=O)N(C)[C@@H](CC(C)C)C(=O)N[C@H](C(=O)N2CCCCC2)CC(=O)N(C)CC(=O)N(C)[C@@H](Cc2cccc(Cl)c2)C(O)N[C@@H](COCC[C@H](C)O)C(=O)N(C)C(CC(C)C)C(=O)N[C@@H]([C@@H](C)O)C1=O. The molecule has 12 atom stereocenters. The zero-order valence-electron chi connectivity index (χ0n) is 65.4. The number of carbonyl (C=O) groups is 11. The van der Waals surface area contributed by atoms with Crippen molar-refractivity contribution in [3.63, 3.8) is 0 Å². The average Bonchev–Trinajstić information content (AvgIpc) is 0.819. The number of unbranched alkanes of at least 4 members (excludes halogenated alkanes) is 1. The molecule has 2 heterocycles. The minimum absolute atomic E-state index is 0.00110.